The van der Waals surface area contributed by atoms with E-state index in [1.807, 2.05) is 12.1 Å². The van der Waals surface area contributed by atoms with Crippen molar-refractivity contribution in [1.82, 2.24) is 0 Å². The standard InChI is InChI=1S/C13H16O3/c1-16-10-7-5-9(6-8-10)13(15)11-3-2-4-12(11)14/h5-8,11,13,15H,2-4H2,1H3/t11-,13-/m1/s1. The lowest BCUT2D eigenvalue weighted by atomic mass is 9.94. The van der Waals surface area contributed by atoms with E-state index >= 15 is 0 Å². The van der Waals surface area contributed by atoms with Gasteiger partial charge in [-0.05, 0) is 30.5 Å². The molecule has 1 N–H and O–H groups in total. The summed E-state index contributed by atoms with van der Waals surface area (Å²) in [6.45, 7) is 0. The van der Waals surface area contributed by atoms with Gasteiger partial charge in [0.2, 0.25) is 0 Å². The Balaban J connectivity index is 2.13. The van der Waals surface area contributed by atoms with Crippen molar-refractivity contribution < 1.29 is 14.6 Å². The predicted octanol–water partition coefficient (Wildman–Crippen LogP) is 2.10. The molecule has 0 saturated heterocycles. The van der Waals surface area contributed by atoms with Crippen LogP contribution in [0.5, 0.6) is 5.75 Å². The number of benzene rings is 1. The Morgan fingerprint density at radius 1 is 1.38 bits per heavy atom. The molecule has 1 aliphatic carbocycles. The lowest BCUT2D eigenvalue weighted by molar-refractivity contribution is -0.123. The van der Waals surface area contributed by atoms with Crippen LogP contribution in [0, 0.1) is 5.92 Å². The van der Waals surface area contributed by atoms with Gasteiger partial charge in [-0.3, -0.25) is 4.79 Å². The molecule has 0 aromatic heterocycles. The lowest BCUT2D eigenvalue weighted by Crippen LogP contribution is -2.16. The number of carbonyl (C=O) groups is 1. The van der Waals surface area contributed by atoms with Crippen LogP contribution in [-0.2, 0) is 4.79 Å². The largest absolute Gasteiger partial charge is 0.497 e. The van der Waals surface area contributed by atoms with Crippen LogP contribution in [0.25, 0.3) is 0 Å². The second-order valence-corrected chi connectivity index (χ2v) is 4.18. The Bertz CT molecular complexity index is 369. The predicted molar refractivity (Wildman–Crippen MR) is 60.3 cm³/mol. The zero-order valence-electron chi connectivity index (χ0n) is 9.35. The molecule has 0 bridgehead atoms. The molecule has 0 unspecified atom stereocenters. The van der Waals surface area contributed by atoms with E-state index in [9.17, 15) is 9.90 Å². The first-order valence-corrected chi connectivity index (χ1v) is 5.57. The van der Waals surface area contributed by atoms with Crippen LogP contribution in [0.2, 0.25) is 0 Å². The Morgan fingerprint density at radius 3 is 2.56 bits per heavy atom. The number of rotatable bonds is 3. The second kappa shape index (κ2) is 4.66. The third-order valence-electron chi connectivity index (χ3n) is 3.19. The fourth-order valence-electron chi connectivity index (χ4n) is 2.21. The van der Waals surface area contributed by atoms with Crippen LogP contribution in [0.1, 0.15) is 30.9 Å². The summed E-state index contributed by atoms with van der Waals surface area (Å²) in [5.74, 6) is 0.727. The number of aliphatic hydroxyl groups is 1. The molecule has 3 heteroatoms. The van der Waals surface area contributed by atoms with Crippen LogP contribution in [0.3, 0.4) is 0 Å². The minimum Gasteiger partial charge on any atom is -0.497 e. The highest BCUT2D eigenvalue weighted by Crippen LogP contribution is 2.33. The topological polar surface area (TPSA) is 46.5 Å². The SMILES string of the molecule is COc1ccc([C@@H](O)[C@@H]2CCCC2=O)cc1. The highest BCUT2D eigenvalue weighted by atomic mass is 16.5. The van der Waals surface area contributed by atoms with Gasteiger partial charge in [-0.25, -0.2) is 0 Å². The number of Topliss-reactive ketones (excluding diaryl/α,β-unsaturated/α-hetero) is 1. The van der Waals surface area contributed by atoms with Crippen molar-refractivity contribution in [2.75, 3.05) is 7.11 Å². The van der Waals surface area contributed by atoms with Crippen molar-refractivity contribution in [3.8, 4) is 5.75 Å². The van der Waals surface area contributed by atoms with Gasteiger partial charge < -0.3 is 9.84 Å². The van der Waals surface area contributed by atoms with Crippen LogP contribution >= 0.6 is 0 Å². The highest BCUT2D eigenvalue weighted by Gasteiger charge is 2.31. The highest BCUT2D eigenvalue weighted by molar-refractivity contribution is 5.83. The number of hydrogen-bond donors (Lipinski definition) is 1. The first kappa shape index (κ1) is 11.1. The Kier molecular flexibility index (Phi) is 3.25. The summed E-state index contributed by atoms with van der Waals surface area (Å²) in [6, 6.07) is 7.24. The van der Waals surface area contributed by atoms with Crippen molar-refractivity contribution in [3.63, 3.8) is 0 Å². The molecule has 0 amide bonds. The maximum Gasteiger partial charge on any atom is 0.138 e. The fraction of sp³-hybridized carbons (Fsp3) is 0.462. The summed E-state index contributed by atoms with van der Waals surface area (Å²) in [6.07, 6.45) is 1.64. The molecule has 0 heterocycles. The van der Waals surface area contributed by atoms with Gasteiger partial charge in [0.05, 0.1) is 13.2 Å². The second-order valence-electron chi connectivity index (χ2n) is 4.18. The average Bonchev–Trinajstić information content (AvgIpc) is 2.75. The van der Waals surface area contributed by atoms with Crippen molar-refractivity contribution in [2.24, 2.45) is 5.92 Å². The molecule has 2 atom stereocenters. The van der Waals surface area contributed by atoms with Crippen molar-refractivity contribution >= 4 is 5.78 Å². The van der Waals surface area contributed by atoms with Crippen LogP contribution in [-0.4, -0.2) is 18.0 Å². The van der Waals surface area contributed by atoms with Gasteiger partial charge in [-0.1, -0.05) is 12.1 Å². The van der Waals surface area contributed by atoms with Crippen molar-refractivity contribution in [1.29, 1.82) is 0 Å². The summed E-state index contributed by atoms with van der Waals surface area (Å²) in [7, 11) is 1.60. The van der Waals surface area contributed by atoms with E-state index in [0.717, 1.165) is 24.2 Å². The molecule has 0 aliphatic heterocycles. The van der Waals surface area contributed by atoms with Crippen molar-refractivity contribution in [2.45, 2.75) is 25.4 Å². The van der Waals surface area contributed by atoms with Gasteiger partial charge in [-0.15, -0.1) is 0 Å². The minimum absolute atomic E-state index is 0.184. The molecular weight excluding hydrogens is 204 g/mol. The Hall–Kier alpha value is -1.35. The summed E-state index contributed by atoms with van der Waals surface area (Å²) >= 11 is 0. The molecule has 3 nitrogen and oxygen atoms in total. The van der Waals surface area contributed by atoms with E-state index < -0.39 is 6.10 Å². The van der Waals surface area contributed by atoms with Gasteiger partial charge in [-0.2, -0.15) is 0 Å². The first-order valence-electron chi connectivity index (χ1n) is 5.57. The molecule has 0 spiro atoms. The molecule has 1 aromatic carbocycles. The average molecular weight is 220 g/mol. The zero-order valence-corrected chi connectivity index (χ0v) is 9.35. The zero-order chi connectivity index (χ0) is 11.5. The fourth-order valence-corrected chi connectivity index (χ4v) is 2.21. The summed E-state index contributed by atoms with van der Waals surface area (Å²) in [5, 5.41) is 10.1. The molecule has 86 valence electrons. The van der Waals surface area contributed by atoms with Crippen LogP contribution < -0.4 is 4.74 Å². The van der Waals surface area contributed by atoms with Gasteiger partial charge in [0, 0.05) is 12.3 Å². The summed E-state index contributed by atoms with van der Waals surface area (Å²) in [4.78, 5) is 11.5. The number of aliphatic hydroxyl groups excluding tert-OH is 1. The number of ketones is 1. The van der Waals surface area contributed by atoms with E-state index in [1.54, 1.807) is 19.2 Å². The molecular formula is C13H16O3. The smallest absolute Gasteiger partial charge is 0.138 e. The van der Waals surface area contributed by atoms with E-state index in [4.69, 9.17) is 4.74 Å². The maximum absolute atomic E-state index is 11.5. The van der Waals surface area contributed by atoms with Crippen LogP contribution in [0.4, 0.5) is 0 Å². The molecule has 1 aliphatic rings. The van der Waals surface area contributed by atoms with Gasteiger partial charge in [0.1, 0.15) is 11.5 Å². The van der Waals surface area contributed by atoms with Crippen LogP contribution in [0.15, 0.2) is 24.3 Å². The van der Waals surface area contributed by atoms with Gasteiger partial charge >= 0.3 is 0 Å². The third-order valence-corrected chi connectivity index (χ3v) is 3.19. The molecule has 1 saturated carbocycles. The quantitative estimate of drug-likeness (QED) is 0.848. The minimum atomic E-state index is -0.666. The Morgan fingerprint density at radius 2 is 2.06 bits per heavy atom. The number of hydrogen-bond acceptors (Lipinski definition) is 3. The van der Waals surface area contributed by atoms with E-state index in [-0.39, 0.29) is 11.7 Å². The van der Waals surface area contributed by atoms with E-state index in [0.29, 0.717) is 6.42 Å². The normalized spacial score (nSPS) is 22.1. The number of ether oxygens (including phenoxy) is 1. The molecule has 2 rings (SSSR count). The lowest BCUT2D eigenvalue weighted by Gasteiger charge is -2.17. The molecule has 1 aromatic rings. The molecule has 16 heavy (non-hydrogen) atoms. The van der Waals surface area contributed by atoms with Gasteiger partial charge in [0.15, 0.2) is 0 Å². The number of methoxy groups -OCH3 is 1. The monoisotopic (exact) mass is 220 g/mol. The summed E-state index contributed by atoms with van der Waals surface area (Å²) < 4.78 is 5.05. The van der Waals surface area contributed by atoms with Crippen molar-refractivity contribution in [3.05, 3.63) is 29.8 Å². The molecule has 0 radical (unpaired) electrons. The maximum atomic E-state index is 11.5. The molecule has 1 fully saturated rings. The Labute approximate surface area is 95.0 Å². The van der Waals surface area contributed by atoms with E-state index in [1.165, 1.54) is 0 Å². The summed E-state index contributed by atoms with van der Waals surface area (Å²) in [5.41, 5.74) is 0.793. The third kappa shape index (κ3) is 2.09. The van der Waals surface area contributed by atoms with E-state index in [2.05, 4.69) is 0 Å². The number of carbonyl (C=O) groups excluding carboxylic acids is 1. The first-order chi connectivity index (χ1) is 7.72. The van der Waals surface area contributed by atoms with Gasteiger partial charge in [0.25, 0.3) is 0 Å².